The smallest absolute Gasteiger partial charge is 0.328 e. The number of carbonyl (C=O) groups excluding carboxylic acids is 2. The predicted octanol–water partition coefficient (Wildman–Crippen LogP) is 1.11. The summed E-state index contributed by atoms with van der Waals surface area (Å²) in [4.78, 5) is 27.5. The molecule has 6 heteroatoms. The van der Waals surface area contributed by atoms with Crippen LogP contribution in [0, 0.1) is 0 Å². The molecule has 0 bridgehead atoms. The lowest BCUT2D eigenvalue weighted by Gasteiger charge is -2.11. The van der Waals surface area contributed by atoms with Crippen LogP contribution in [0.3, 0.4) is 0 Å². The van der Waals surface area contributed by atoms with E-state index in [1.807, 2.05) is 12.1 Å². The number of nitrogens with one attached hydrogen (secondary N) is 1. The van der Waals surface area contributed by atoms with Gasteiger partial charge in [-0.2, -0.15) is 0 Å². The second-order valence-electron chi connectivity index (χ2n) is 4.33. The fourth-order valence-corrected chi connectivity index (χ4v) is 1.80. The van der Waals surface area contributed by atoms with E-state index < -0.39 is 17.9 Å². The average Bonchev–Trinajstić information content (AvgIpc) is 2.46. The van der Waals surface area contributed by atoms with Gasteiger partial charge in [0, 0.05) is 5.39 Å². The largest absolute Gasteiger partial charge is 0.467 e. The van der Waals surface area contributed by atoms with Crippen LogP contribution in [-0.2, 0) is 9.53 Å². The summed E-state index contributed by atoms with van der Waals surface area (Å²) in [6, 6.07) is 8.00. The predicted molar refractivity (Wildman–Crippen MR) is 75.1 cm³/mol. The highest BCUT2D eigenvalue weighted by Crippen LogP contribution is 2.18. The molecule has 0 saturated heterocycles. The van der Waals surface area contributed by atoms with E-state index in [1.54, 1.807) is 25.1 Å². The van der Waals surface area contributed by atoms with Crippen molar-refractivity contribution >= 4 is 28.5 Å². The number of nitrogens with zero attached hydrogens (tertiary/aromatic N) is 1. The topological polar surface area (TPSA) is 94.3 Å². The fraction of sp³-hybridized carbons (Fsp3) is 0.214. The molecule has 1 atom stereocenters. The lowest BCUT2D eigenvalue weighted by Crippen LogP contribution is -2.39. The Morgan fingerprint density at radius 3 is 2.75 bits per heavy atom. The molecule has 0 fully saturated rings. The van der Waals surface area contributed by atoms with Gasteiger partial charge in [0.05, 0.1) is 18.3 Å². The molecule has 1 unspecified atom stereocenters. The first-order valence-corrected chi connectivity index (χ1v) is 6.07. The van der Waals surface area contributed by atoms with Crippen LogP contribution in [0.25, 0.3) is 10.9 Å². The molecule has 1 aromatic heterocycles. The molecular weight excluding hydrogens is 258 g/mol. The van der Waals surface area contributed by atoms with Gasteiger partial charge in [-0.05, 0) is 19.1 Å². The Balaban J connectivity index is 2.27. The summed E-state index contributed by atoms with van der Waals surface area (Å²) in [6.45, 7) is 1.54. The summed E-state index contributed by atoms with van der Waals surface area (Å²) >= 11 is 0. The van der Waals surface area contributed by atoms with Crippen LogP contribution in [-0.4, -0.2) is 30.0 Å². The Morgan fingerprint density at radius 1 is 1.30 bits per heavy atom. The molecule has 0 aliphatic heterocycles. The van der Waals surface area contributed by atoms with Crippen molar-refractivity contribution in [3.05, 3.63) is 36.0 Å². The minimum Gasteiger partial charge on any atom is -0.467 e. The minimum atomic E-state index is -0.738. The SMILES string of the molecule is COC(=O)C(C)NC(=O)c1ccc2cccc(N)c2n1. The Morgan fingerprint density at radius 2 is 2.05 bits per heavy atom. The molecule has 2 aromatic rings. The standard InChI is InChI=1S/C14H15N3O3/c1-8(14(19)20-2)16-13(18)11-7-6-9-4-3-5-10(15)12(9)17-11/h3-8H,15H2,1-2H3,(H,16,18). The number of fused-ring (bicyclic) bond motifs is 1. The van der Waals surface area contributed by atoms with Gasteiger partial charge in [-0.1, -0.05) is 18.2 Å². The molecule has 0 aliphatic carbocycles. The second kappa shape index (κ2) is 5.56. The highest BCUT2D eigenvalue weighted by atomic mass is 16.5. The molecule has 2 rings (SSSR count). The highest BCUT2D eigenvalue weighted by Gasteiger charge is 2.18. The minimum absolute atomic E-state index is 0.200. The molecule has 1 amide bonds. The third kappa shape index (κ3) is 2.69. The van der Waals surface area contributed by atoms with Gasteiger partial charge in [-0.25, -0.2) is 9.78 Å². The second-order valence-corrected chi connectivity index (χ2v) is 4.33. The van der Waals surface area contributed by atoms with Crippen LogP contribution in [0.4, 0.5) is 5.69 Å². The normalized spacial score (nSPS) is 11.9. The van der Waals surface area contributed by atoms with Gasteiger partial charge in [-0.15, -0.1) is 0 Å². The number of pyridine rings is 1. The number of rotatable bonds is 3. The molecule has 20 heavy (non-hydrogen) atoms. The zero-order chi connectivity index (χ0) is 14.7. The van der Waals surface area contributed by atoms with Crippen molar-refractivity contribution in [3.63, 3.8) is 0 Å². The summed E-state index contributed by atoms with van der Waals surface area (Å²) in [6.07, 6.45) is 0. The fourth-order valence-electron chi connectivity index (χ4n) is 1.80. The number of carbonyl (C=O) groups is 2. The molecule has 0 spiro atoms. The number of anilines is 1. The van der Waals surface area contributed by atoms with Crippen molar-refractivity contribution in [2.45, 2.75) is 13.0 Å². The van der Waals surface area contributed by atoms with Crippen molar-refractivity contribution in [3.8, 4) is 0 Å². The molecule has 0 saturated carbocycles. The van der Waals surface area contributed by atoms with Crippen molar-refractivity contribution in [2.24, 2.45) is 0 Å². The van der Waals surface area contributed by atoms with Crippen LogP contribution in [0.2, 0.25) is 0 Å². The first-order valence-electron chi connectivity index (χ1n) is 6.07. The zero-order valence-electron chi connectivity index (χ0n) is 11.2. The van der Waals surface area contributed by atoms with Gasteiger partial charge >= 0.3 is 5.97 Å². The third-order valence-corrected chi connectivity index (χ3v) is 2.89. The number of hydrogen-bond acceptors (Lipinski definition) is 5. The molecule has 6 nitrogen and oxygen atoms in total. The van der Waals surface area contributed by atoms with Crippen molar-refractivity contribution in [1.29, 1.82) is 0 Å². The van der Waals surface area contributed by atoms with Crippen molar-refractivity contribution in [2.75, 3.05) is 12.8 Å². The summed E-state index contributed by atoms with van der Waals surface area (Å²) in [7, 11) is 1.26. The Kier molecular flexibility index (Phi) is 3.84. The molecule has 3 N–H and O–H groups in total. The van der Waals surface area contributed by atoms with E-state index >= 15 is 0 Å². The maximum Gasteiger partial charge on any atom is 0.328 e. The van der Waals surface area contributed by atoms with Gasteiger partial charge in [-0.3, -0.25) is 4.79 Å². The van der Waals surface area contributed by atoms with Gasteiger partial charge in [0.1, 0.15) is 11.7 Å². The summed E-state index contributed by atoms with van der Waals surface area (Å²) in [5, 5.41) is 3.36. The van der Waals surface area contributed by atoms with Crippen LogP contribution in [0.1, 0.15) is 17.4 Å². The maximum absolute atomic E-state index is 12.0. The van der Waals surface area contributed by atoms with Crippen LogP contribution in [0.5, 0.6) is 0 Å². The van der Waals surface area contributed by atoms with E-state index in [9.17, 15) is 9.59 Å². The van der Waals surface area contributed by atoms with Crippen molar-refractivity contribution in [1.82, 2.24) is 10.3 Å². The van der Waals surface area contributed by atoms with E-state index in [1.165, 1.54) is 7.11 Å². The number of aromatic nitrogens is 1. The average molecular weight is 273 g/mol. The number of amides is 1. The molecule has 0 radical (unpaired) electrons. The van der Waals surface area contributed by atoms with E-state index in [0.29, 0.717) is 11.2 Å². The van der Waals surface area contributed by atoms with Gasteiger partial charge in [0.15, 0.2) is 0 Å². The number of ether oxygens (including phenoxy) is 1. The van der Waals surface area contributed by atoms with Crippen LogP contribution in [0.15, 0.2) is 30.3 Å². The van der Waals surface area contributed by atoms with E-state index in [4.69, 9.17) is 5.73 Å². The first kappa shape index (κ1) is 13.8. The van der Waals surface area contributed by atoms with Gasteiger partial charge in [0.2, 0.25) is 0 Å². The van der Waals surface area contributed by atoms with Crippen molar-refractivity contribution < 1.29 is 14.3 Å². The zero-order valence-corrected chi connectivity index (χ0v) is 11.2. The highest BCUT2D eigenvalue weighted by molar-refractivity contribution is 5.98. The van der Waals surface area contributed by atoms with Crippen LogP contribution >= 0.6 is 0 Å². The lowest BCUT2D eigenvalue weighted by atomic mass is 10.1. The Bertz CT molecular complexity index is 670. The number of esters is 1. The third-order valence-electron chi connectivity index (χ3n) is 2.89. The lowest BCUT2D eigenvalue weighted by molar-refractivity contribution is -0.142. The number of benzene rings is 1. The monoisotopic (exact) mass is 273 g/mol. The summed E-state index contributed by atoms with van der Waals surface area (Å²) in [5.74, 6) is -0.966. The molecule has 1 heterocycles. The summed E-state index contributed by atoms with van der Waals surface area (Å²) in [5.41, 5.74) is 7.09. The van der Waals surface area contributed by atoms with E-state index in [2.05, 4.69) is 15.0 Å². The number of methoxy groups -OCH3 is 1. The summed E-state index contributed by atoms with van der Waals surface area (Å²) < 4.78 is 4.54. The maximum atomic E-state index is 12.0. The Hall–Kier alpha value is -2.63. The van der Waals surface area contributed by atoms with Crippen LogP contribution < -0.4 is 11.1 Å². The molecule has 1 aromatic carbocycles. The van der Waals surface area contributed by atoms with E-state index in [0.717, 1.165) is 5.39 Å². The number of hydrogen-bond donors (Lipinski definition) is 2. The van der Waals surface area contributed by atoms with Gasteiger partial charge in [0.25, 0.3) is 5.91 Å². The Labute approximate surface area is 115 Å². The number of para-hydroxylation sites is 1. The number of nitrogen functional groups attached to an aromatic ring is 1. The molecule has 0 aliphatic rings. The molecular formula is C14H15N3O3. The first-order chi connectivity index (χ1) is 9.52. The number of nitrogens with two attached hydrogens (primary N) is 1. The van der Waals surface area contributed by atoms with Gasteiger partial charge < -0.3 is 15.8 Å². The molecule has 104 valence electrons. The van der Waals surface area contributed by atoms with E-state index in [-0.39, 0.29) is 5.69 Å². The quantitative estimate of drug-likeness (QED) is 0.645.